The third kappa shape index (κ3) is 6.12. The van der Waals surface area contributed by atoms with Crippen molar-refractivity contribution in [2.24, 2.45) is 0 Å². The van der Waals surface area contributed by atoms with Crippen LogP contribution in [0.2, 0.25) is 0 Å². The van der Waals surface area contributed by atoms with Crippen LogP contribution >= 0.6 is 23.1 Å². The van der Waals surface area contributed by atoms with E-state index in [1.54, 1.807) is 16.7 Å². The number of rotatable bonds is 8. The molecule has 1 aromatic carbocycles. The normalized spacial score (nSPS) is 18.1. The van der Waals surface area contributed by atoms with E-state index in [1.807, 2.05) is 29.8 Å². The molecule has 0 bridgehead atoms. The monoisotopic (exact) mass is 502 g/mol. The zero-order valence-electron chi connectivity index (χ0n) is 19.7. The molecule has 2 N–H and O–H groups in total. The second kappa shape index (κ2) is 12.0. The van der Waals surface area contributed by atoms with Gasteiger partial charge in [-0.1, -0.05) is 12.1 Å². The zero-order valence-corrected chi connectivity index (χ0v) is 21.4. The topological polar surface area (TPSA) is 85.8 Å². The summed E-state index contributed by atoms with van der Waals surface area (Å²) in [6, 6.07) is 7.98. The van der Waals surface area contributed by atoms with E-state index in [2.05, 4.69) is 21.3 Å². The van der Waals surface area contributed by atoms with Crippen LogP contribution < -0.4 is 10.2 Å². The molecule has 4 rings (SSSR count). The highest BCUT2D eigenvalue weighted by atomic mass is 32.2. The molecule has 184 valence electrons. The van der Waals surface area contributed by atoms with Crippen LogP contribution in [-0.2, 0) is 4.79 Å². The van der Waals surface area contributed by atoms with E-state index < -0.39 is 6.10 Å². The molecule has 1 unspecified atom stereocenters. The number of carbonyl (C=O) groups excluding carboxylic acids is 2. The Hall–Kier alpha value is -2.10. The van der Waals surface area contributed by atoms with Crippen molar-refractivity contribution in [3.8, 4) is 0 Å². The molecule has 2 amide bonds. The fourth-order valence-corrected chi connectivity index (χ4v) is 6.10. The lowest BCUT2D eigenvalue weighted by Gasteiger charge is -2.32. The Labute approximate surface area is 209 Å². The smallest absolute Gasteiger partial charge is 0.275 e. The van der Waals surface area contributed by atoms with E-state index in [0.717, 1.165) is 48.1 Å². The summed E-state index contributed by atoms with van der Waals surface area (Å²) in [5, 5.41) is 16.0. The molecule has 1 aromatic heterocycles. The Morgan fingerprint density at radius 2 is 1.91 bits per heavy atom. The average Bonchev–Trinajstić information content (AvgIpc) is 3.38. The van der Waals surface area contributed by atoms with Gasteiger partial charge in [0, 0.05) is 37.5 Å². The van der Waals surface area contributed by atoms with Gasteiger partial charge < -0.3 is 20.2 Å². The highest BCUT2D eigenvalue weighted by molar-refractivity contribution is 7.98. The number of aliphatic hydroxyl groups is 1. The predicted octanol–water partition coefficient (Wildman–Crippen LogP) is 4.21. The Bertz CT molecular complexity index is 969. The lowest BCUT2D eigenvalue weighted by molar-refractivity contribution is -0.141. The lowest BCUT2D eigenvalue weighted by atomic mass is 9.97. The molecule has 9 heteroatoms. The van der Waals surface area contributed by atoms with E-state index in [9.17, 15) is 14.7 Å². The van der Waals surface area contributed by atoms with Crippen molar-refractivity contribution >= 4 is 46.3 Å². The average molecular weight is 503 g/mol. The van der Waals surface area contributed by atoms with Gasteiger partial charge in [-0.3, -0.25) is 9.59 Å². The van der Waals surface area contributed by atoms with Crippen LogP contribution in [-0.4, -0.2) is 71.1 Å². The molecule has 0 aliphatic carbocycles. The molecule has 0 spiro atoms. The number of likely N-dealkylation sites (tertiary alicyclic amines) is 1. The van der Waals surface area contributed by atoms with E-state index >= 15 is 0 Å². The highest BCUT2D eigenvalue weighted by Crippen LogP contribution is 2.32. The van der Waals surface area contributed by atoms with Gasteiger partial charge in [0.05, 0.1) is 16.4 Å². The lowest BCUT2D eigenvalue weighted by Crippen LogP contribution is -2.43. The number of piperidine rings is 2. The van der Waals surface area contributed by atoms with E-state index in [1.165, 1.54) is 30.6 Å². The Balaban J connectivity index is 1.34. The zero-order chi connectivity index (χ0) is 23.9. The number of para-hydroxylation sites is 2. The summed E-state index contributed by atoms with van der Waals surface area (Å²) < 4.78 is 0. The number of hydrogen-bond acceptors (Lipinski definition) is 7. The molecule has 7 nitrogen and oxygen atoms in total. The first-order chi connectivity index (χ1) is 16.6. The first-order valence-corrected chi connectivity index (χ1v) is 14.4. The van der Waals surface area contributed by atoms with Gasteiger partial charge in [-0.05, 0) is 62.7 Å². The molecule has 0 saturated carbocycles. The number of thiazole rings is 1. The van der Waals surface area contributed by atoms with Crippen molar-refractivity contribution < 1.29 is 14.7 Å². The predicted molar refractivity (Wildman–Crippen MR) is 140 cm³/mol. The van der Waals surface area contributed by atoms with Gasteiger partial charge in [-0.2, -0.15) is 11.8 Å². The van der Waals surface area contributed by atoms with Crippen molar-refractivity contribution in [1.82, 2.24) is 9.88 Å². The van der Waals surface area contributed by atoms with Crippen LogP contribution in [0.4, 0.5) is 11.4 Å². The molecule has 3 heterocycles. The molecule has 2 fully saturated rings. The molecule has 2 saturated heterocycles. The summed E-state index contributed by atoms with van der Waals surface area (Å²) in [4.78, 5) is 34.2. The Morgan fingerprint density at radius 1 is 1.18 bits per heavy atom. The van der Waals surface area contributed by atoms with E-state index in [0.29, 0.717) is 25.2 Å². The maximum atomic E-state index is 13.0. The highest BCUT2D eigenvalue weighted by Gasteiger charge is 2.29. The second-order valence-electron chi connectivity index (χ2n) is 8.99. The number of benzene rings is 1. The van der Waals surface area contributed by atoms with Crippen molar-refractivity contribution in [1.29, 1.82) is 0 Å². The number of amides is 2. The van der Waals surface area contributed by atoms with Crippen molar-refractivity contribution in [2.75, 3.05) is 48.4 Å². The van der Waals surface area contributed by atoms with Crippen LogP contribution in [0.15, 0.2) is 29.6 Å². The number of nitrogens with one attached hydrogen (secondary N) is 1. The van der Waals surface area contributed by atoms with Gasteiger partial charge in [-0.25, -0.2) is 4.98 Å². The molecular formula is C25H34N4O3S2. The number of anilines is 2. The number of aliphatic hydroxyl groups excluding tert-OH is 1. The Kier molecular flexibility index (Phi) is 8.86. The summed E-state index contributed by atoms with van der Waals surface area (Å²) in [6.45, 7) is 3.27. The SMILES string of the molecule is CSCCC(O)C(=O)N1CCC(c2nc(C(=O)Nc3ccccc3N3CCCCC3)cs2)CC1. The Morgan fingerprint density at radius 3 is 2.65 bits per heavy atom. The van der Waals surface area contributed by atoms with E-state index in [4.69, 9.17) is 0 Å². The molecule has 2 aromatic rings. The maximum absolute atomic E-state index is 13.0. The summed E-state index contributed by atoms with van der Waals surface area (Å²) >= 11 is 3.15. The fourth-order valence-electron chi connectivity index (χ4n) is 4.67. The van der Waals surface area contributed by atoms with Gasteiger partial charge in [0.1, 0.15) is 11.8 Å². The summed E-state index contributed by atoms with van der Waals surface area (Å²) in [7, 11) is 0. The van der Waals surface area contributed by atoms with Gasteiger partial charge in [0.15, 0.2) is 0 Å². The molecule has 1 atom stereocenters. The third-order valence-corrected chi connectivity index (χ3v) is 8.29. The number of thioether (sulfide) groups is 1. The van der Waals surface area contributed by atoms with Crippen molar-refractivity contribution in [3.63, 3.8) is 0 Å². The maximum Gasteiger partial charge on any atom is 0.275 e. The van der Waals surface area contributed by atoms with Crippen molar-refractivity contribution in [2.45, 2.75) is 50.5 Å². The molecule has 2 aliphatic heterocycles. The number of aromatic nitrogens is 1. The first kappa shape index (κ1) is 25.0. The van der Waals surface area contributed by atoms with Crippen LogP contribution in [0.25, 0.3) is 0 Å². The second-order valence-corrected chi connectivity index (χ2v) is 10.9. The van der Waals surface area contributed by atoms with Gasteiger partial charge in [0.2, 0.25) is 0 Å². The molecule has 2 aliphatic rings. The first-order valence-electron chi connectivity index (χ1n) is 12.1. The third-order valence-electron chi connectivity index (χ3n) is 6.64. The van der Waals surface area contributed by atoms with Gasteiger partial charge in [0.25, 0.3) is 11.8 Å². The number of carbonyl (C=O) groups is 2. The van der Waals surface area contributed by atoms with Crippen LogP contribution in [0, 0.1) is 0 Å². The number of hydrogen-bond donors (Lipinski definition) is 2. The van der Waals surface area contributed by atoms with Crippen LogP contribution in [0.5, 0.6) is 0 Å². The minimum absolute atomic E-state index is 0.168. The quantitative estimate of drug-likeness (QED) is 0.563. The largest absolute Gasteiger partial charge is 0.383 e. The summed E-state index contributed by atoms with van der Waals surface area (Å²) in [5.74, 6) is 0.658. The summed E-state index contributed by atoms with van der Waals surface area (Å²) in [6.07, 6.45) is 6.77. The van der Waals surface area contributed by atoms with Crippen molar-refractivity contribution in [3.05, 3.63) is 40.3 Å². The fraction of sp³-hybridized carbons (Fsp3) is 0.560. The van der Waals surface area contributed by atoms with Crippen LogP contribution in [0.3, 0.4) is 0 Å². The van der Waals surface area contributed by atoms with Gasteiger partial charge >= 0.3 is 0 Å². The minimum Gasteiger partial charge on any atom is -0.383 e. The standard InChI is InChI=1S/C25H34N4O3S2/c1-33-16-11-22(30)25(32)29-14-9-18(10-15-29)24-27-20(17-34-24)23(31)26-19-7-3-4-8-21(19)28-12-5-2-6-13-28/h3-4,7-8,17-18,22,30H,2,5-6,9-16H2,1H3,(H,26,31). The molecule has 0 radical (unpaired) electrons. The summed E-state index contributed by atoms with van der Waals surface area (Å²) in [5.41, 5.74) is 2.35. The molecule has 34 heavy (non-hydrogen) atoms. The van der Waals surface area contributed by atoms with E-state index in [-0.39, 0.29) is 17.7 Å². The minimum atomic E-state index is -0.910. The van der Waals surface area contributed by atoms with Gasteiger partial charge in [-0.15, -0.1) is 11.3 Å². The van der Waals surface area contributed by atoms with Crippen LogP contribution in [0.1, 0.15) is 59.9 Å². The number of nitrogens with zero attached hydrogens (tertiary/aromatic N) is 3. The molecular weight excluding hydrogens is 468 g/mol.